The minimum Gasteiger partial charge on any atom is -0.339 e. The van der Waals surface area contributed by atoms with Crippen LogP contribution in [0.25, 0.3) is 0 Å². The number of benzene rings is 1. The lowest BCUT2D eigenvalue weighted by Gasteiger charge is -2.19. The molecular formula is C19H20F3N3O2S. The van der Waals surface area contributed by atoms with E-state index in [0.717, 1.165) is 24.0 Å². The number of hydrogen-bond acceptors (Lipinski definition) is 4. The van der Waals surface area contributed by atoms with Crippen LogP contribution in [0.2, 0.25) is 0 Å². The van der Waals surface area contributed by atoms with E-state index >= 15 is 0 Å². The first-order valence-corrected chi connectivity index (χ1v) is 9.58. The lowest BCUT2D eigenvalue weighted by atomic mass is 10.1. The molecule has 0 unspecified atom stereocenters. The number of rotatable bonds is 7. The SMILES string of the molecule is CCN(CC)C(=O)c1cccc(NC(=O)CSc2ccc(C(F)(F)F)cn2)c1. The number of carbonyl (C=O) groups is 2. The molecule has 0 aliphatic carbocycles. The zero-order valence-electron chi connectivity index (χ0n) is 15.4. The van der Waals surface area contributed by atoms with Crippen LogP contribution in [0.1, 0.15) is 29.8 Å². The molecule has 0 radical (unpaired) electrons. The third-order valence-corrected chi connectivity index (χ3v) is 4.80. The van der Waals surface area contributed by atoms with Gasteiger partial charge in [0.2, 0.25) is 5.91 Å². The van der Waals surface area contributed by atoms with E-state index in [0.29, 0.717) is 29.4 Å². The van der Waals surface area contributed by atoms with Gasteiger partial charge in [0.15, 0.2) is 0 Å². The molecule has 0 fully saturated rings. The van der Waals surface area contributed by atoms with E-state index in [1.54, 1.807) is 29.2 Å². The highest BCUT2D eigenvalue weighted by Crippen LogP contribution is 2.29. The molecule has 0 saturated carbocycles. The van der Waals surface area contributed by atoms with Crippen LogP contribution in [0.3, 0.4) is 0 Å². The summed E-state index contributed by atoms with van der Waals surface area (Å²) in [6.45, 7) is 4.95. The van der Waals surface area contributed by atoms with Gasteiger partial charge in [0, 0.05) is 30.5 Å². The summed E-state index contributed by atoms with van der Waals surface area (Å²) in [5.41, 5.74) is 0.110. The van der Waals surface area contributed by atoms with E-state index in [2.05, 4.69) is 10.3 Å². The number of carbonyl (C=O) groups excluding carboxylic acids is 2. The number of nitrogens with zero attached hydrogens (tertiary/aromatic N) is 2. The maximum Gasteiger partial charge on any atom is 0.417 e. The maximum atomic E-state index is 12.5. The smallest absolute Gasteiger partial charge is 0.339 e. The van der Waals surface area contributed by atoms with Gasteiger partial charge in [-0.25, -0.2) is 4.98 Å². The number of aromatic nitrogens is 1. The predicted molar refractivity (Wildman–Crippen MR) is 102 cm³/mol. The van der Waals surface area contributed by atoms with E-state index in [1.165, 1.54) is 6.07 Å². The standard InChI is InChI=1S/C19H20F3N3O2S/c1-3-25(4-2)18(27)13-6-5-7-15(10-13)24-16(26)12-28-17-9-8-14(11-23-17)19(20,21)22/h5-11H,3-4,12H2,1-2H3,(H,24,26). The van der Waals surface area contributed by atoms with E-state index in [9.17, 15) is 22.8 Å². The molecule has 0 saturated heterocycles. The van der Waals surface area contributed by atoms with Crippen LogP contribution in [-0.2, 0) is 11.0 Å². The Labute approximate surface area is 165 Å². The first-order valence-electron chi connectivity index (χ1n) is 8.59. The van der Waals surface area contributed by atoms with Crippen LogP contribution in [0.5, 0.6) is 0 Å². The zero-order chi connectivity index (χ0) is 20.7. The summed E-state index contributed by atoms with van der Waals surface area (Å²) in [7, 11) is 0. The Kier molecular flexibility index (Phi) is 7.45. The molecule has 2 aromatic rings. The van der Waals surface area contributed by atoms with Crippen molar-refractivity contribution in [3.05, 3.63) is 53.7 Å². The lowest BCUT2D eigenvalue weighted by molar-refractivity contribution is -0.137. The Morgan fingerprint density at radius 2 is 1.86 bits per heavy atom. The molecule has 150 valence electrons. The largest absolute Gasteiger partial charge is 0.417 e. The van der Waals surface area contributed by atoms with Crippen molar-refractivity contribution in [3.63, 3.8) is 0 Å². The summed E-state index contributed by atoms with van der Waals surface area (Å²) in [5.74, 6) is -0.490. The van der Waals surface area contributed by atoms with Crippen molar-refractivity contribution in [1.82, 2.24) is 9.88 Å². The van der Waals surface area contributed by atoms with E-state index in [-0.39, 0.29) is 17.6 Å². The Morgan fingerprint density at radius 3 is 2.43 bits per heavy atom. The van der Waals surface area contributed by atoms with E-state index in [1.807, 2.05) is 13.8 Å². The summed E-state index contributed by atoms with van der Waals surface area (Å²) in [5, 5.41) is 2.99. The molecule has 0 spiro atoms. The summed E-state index contributed by atoms with van der Waals surface area (Å²) < 4.78 is 37.6. The van der Waals surface area contributed by atoms with Crippen LogP contribution in [0.15, 0.2) is 47.6 Å². The number of anilines is 1. The Morgan fingerprint density at radius 1 is 1.14 bits per heavy atom. The number of thioether (sulfide) groups is 1. The summed E-state index contributed by atoms with van der Waals surface area (Å²) in [6.07, 6.45) is -3.70. The molecule has 0 aliphatic rings. The molecule has 0 atom stereocenters. The van der Waals surface area contributed by atoms with Crippen molar-refractivity contribution in [3.8, 4) is 0 Å². The van der Waals surface area contributed by atoms with Gasteiger partial charge in [-0.05, 0) is 44.2 Å². The minimum atomic E-state index is -4.44. The molecule has 5 nitrogen and oxygen atoms in total. The molecule has 1 heterocycles. The fraction of sp³-hybridized carbons (Fsp3) is 0.316. The van der Waals surface area contributed by atoms with Crippen LogP contribution in [0, 0.1) is 0 Å². The molecule has 2 amide bonds. The van der Waals surface area contributed by atoms with Crippen molar-refractivity contribution in [2.24, 2.45) is 0 Å². The van der Waals surface area contributed by atoms with E-state index in [4.69, 9.17) is 0 Å². The number of hydrogen-bond donors (Lipinski definition) is 1. The predicted octanol–water partition coefficient (Wildman–Crippen LogP) is 4.31. The third kappa shape index (κ3) is 5.98. The van der Waals surface area contributed by atoms with Gasteiger partial charge in [0.1, 0.15) is 0 Å². The van der Waals surface area contributed by atoms with Gasteiger partial charge in [-0.15, -0.1) is 0 Å². The molecule has 9 heteroatoms. The van der Waals surface area contributed by atoms with Crippen molar-refractivity contribution in [2.75, 3.05) is 24.2 Å². The summed E-state index contributed by atoms with van der Waals surface area (Å²) in [4.78, 5) is 29.9. The fourth-order valence-corrected chi connectivity index (χ4v) is 3.04. The topological polar surface area (TPSA) is 62.3 Å². The average molecular weight is 411 g/mol. The summed E-state index contributed by atoms with van der Waals surface area (Å²) >= 11 is 1.02. The fourth-order valence-electron chi connectivity index (χ4n) is 2.39. The minimum absolute atomic E-state index is 0.0212. The Balaban J connectivity index is 1.94. The van der Waals surface area contributed by atoms with Crippen LogP contribution < -0.4 is 5.32 Å². The molecule has 0 bridgehead atoms. The lowest BCUT2D eigenvalue weighted by Crippen LogP contribution is -2.30. The van der Waals surface area contributed by atoms with Crippen molar-refractivity contribution >= 4 is 29.3 Å². The zero-order valence-corrected chi connectivity index (χ0v) is 16.2. The van der Waals surface area contributed by atoms with E-state index < -0.39 is 11.7 Å². The Hall–Kier alpha value is -2.55. The van der Waals surface area contributed by atoms with Gasteiger partial charge in [0.25, 0.3) is 5.91 Å². The van der Waals surface area contributed by atoms with Crippen molar-refractivity contribution in [1.29, 1.82) is 0 Å². The Bertz CT molecular complexity index is 822. The number of alkyl halides is 3. The summed E-state index contributed by atoms with van der Waals surface area (Å²) in [6, 6.07) is 8.77. The first-order chi connectivity index (χ1) is 13.2. The van der Waals surface area contributed by atoms with Crippen LogP contribution in [0.4, 0.5) is 18.9 Å². The molecule has 1 N–H and O–H groups in total. The highest BCUT2D eigenvalue weighted by molar-refractivity contribution is 7.99. The quantitative estimate of drug-likeness (QED) is 0.690. The van der Waals surface area contributed by atoms with Gasteiger partial charge in [-0.1, -0.05) is 17.8 Å². The van der Waals surface area contributed by atoms with Gasteiger partial charge in [-0.3, -0.25) is 9.59 Å². The first kappa shape index (κ1) is 21.7. The number of pyridine rings is 1. The molecule has 0 aliphatic heterocycles. The number of nitrogens with one attached hydrogen (secondary N) is 1. The number of halogens is 3. The van der Waals surface area contributed by atoms with Gasteiger partial charge in [-0.2, -0.15) is 13.2 Å². The molecule has 2 rings (SSSR count). The van der Waals surface area contributed by atoms with Crippen molar-refractivity contribution in [2.45, 2.75) is 25.0 Å². The molecular weight excluding hydrogens is 391 g/mol. The molecule has 1 aromatic carbocycles. The van der Waals surface area contributed by atoms with Crippen molar-refractivity contribution < 1.29 is 22.8 Å². The van der Waals surface area contributed by atoms with Gasteiger partial charge in [0.05, 0.1) is 16.3 Å². The van der Waals surface area contributed by atoms with Crippen LogP contribution >= 0.6 is 11.8 Å². The normalized spacial score (nSPS) is 11.2. The highest BCUT2D eigenvalue weighted by Gasteiger charge is 2.30. The van der Waals surface area contributed by atoms with Gasteiger partial charge >= 0.3 is 6.18 Å². The molecule has 28 heavy (non-hydrogen) atoms. The second kappa shape index (κ2) is 9.59. The third-order valence-electron chi connectivity index (χ3n) is 3.86. The maximum absolute atomic E-state index is 12.5. The molecule has 1 aromatic heterocycles. The average Bonchev–Trinajstić information content (AvgIpc) is 2.67. The second-order valence-corrected chi connectivity index (χ2v) is 6.77. The van der Waals surface area contributed by atoms with Crippen LogP contribution in [-0.4, -0.2) is 40.5 Å². The highest BCUT2D eigenvalue weighted by atomic mass is 32.2. The monoisotopic (exact) mass is 411 g/mol. The number of amides is 2. The van der Waals surface area contributed by atoms with Gasteiger partial charge < -0.3 is 10.2 Å². The second-order valence-electron chi connectivity index (χ2n) is 5.78.